The molecule has 1 nitrogen and oxygen atoms in total. The van der Waals surface area contributed by atoms with Crippen LogP contribution < -0.4 is 0 Å². The summed E-state index contributed by atoms with van der Waals surface area (Å²) in [5, 5.41) is 9.96. The van der Waals surface area contributed by atoms with Gasteiger partial charge in [0, 0.05) is 16.2 Å². The van der Waals surface area contributed by atoms with Crippen LogP contribution in [0, 0.1) is 0 Å². The predicted molar refractivity (Wildman–Crippen MR) is 195 cm³/mol. The summed E-state index contributed by atoms with van der Waals surface area (Å²) in [5.74, 6) is 0. The molecule has 0 bridgehead atoms. The molecule has 46 heavy (non-hydrogen) atoms. The van der Waals surface area contributed by atoms with Crippen LogP contribution in [0.15, 0.2) is 150 Å². The van der Waals surface area contributed by atoms with Crippen molar-refractivity contribution in [3.8, 4) is 33.4 Å². The van der Waals surface area contributed by atoms with Gasteiger partial charge in [-0.05, 0) is 101 Å². The Morgan fingerprint density at radius 2 is 0.935 bits per heavy atom. The van der Waals surface area contributed by atoms with Crippen LogP contribution in [-0.2, 0) is 5.41 Å². The Kier molecular flexibility index (Phi) is 5.12. The Labute approximate surface area is 267 Å². The Morgan fingerprint density at radius 3 is 1.65 bits per heavy atom. The Bertz CT molecular complexity index is 2660. The van der Waals surface area contributed by atoms with Crippen molar-refractivity contribution in [3.05, 3.63) is 157 Å². The van der Waals surface area contributed by atoms with Gasteiger partial charge in [0.2, 0.25) is 0 Å². The molecule has 0 fully saturated rings. The van der Waals surface area contributed by atoms with E-state index in [-0.39, 0.29) is 5.41 Å². The molecule has 0 saturated carbocycles. The average Bonchev–Trinajstić information content (AvgIpc) is 3.58. The van der Waals surface area contributed by atoms with E-state index in [2.05, 4.69) is 153 Å². The number of fused-ring (bicyclic) bond motifs is 10. The lowest BCUT2D eigenvalue weighted by Gasteiger charge is -2.25. The fraction of sp³-hybridized carbons (Fsp3) is 0.0667. The summed E-state index contributed by atoms with van der Waals surface area (Å²) in [7, 11) is 0. The van der Waals surface area contributed by atoms with Gasteiger partial charge in [-0.15, -0.1) is 0 Å². The Balaban J connectivity index is 1.33. The molecule has 0 N–H and O–H groups in total. The van der Waals surface area contributed by atoms with Gasteiger partial charge in [0.05, 0.1) is 0 Å². The fourth-order valence-electron chi connectivity index (χ4n) is 8.48. The molecule has 9 aromatic rings. The van der Waals surface area contributed by atoms with E-state index in [1.807, 2.05) is 6.07 Å². The maximum Gasteiger partial charge on any atom is 0.136 e. The highest BCUT2D eigenvalue weighted by atomic mass is 16.3. The molecule has 0 radical (unpaired) electrons. The highest BCUT2D eigenvalue weighted by Gasteiger charge is 2.37. The summed E-state index contributed by atoms with van der Waals surface area (Å²) >= 11 is 0. The summed E-state index contributed by atoms with van der Waals surface area (Å²) in [6.45, 7) is 4.75. The lowest BCUT2D eigenvalue weighted by atomic mass is 9.78. The normalized spacial score (nSPS) is 13.6. The molecule has 0 atom stereocenters. The second kappa shape index (κ2) is 9.19. The van der Waals surface area contributed by atoms with Crippen LogP contribution in [0.2, 0.25) is 0 Å². The number of hydrogen-bond acceptors (Lipinski definition) is 1. The number of rotatable bonds is 2. The molecule has 1 aliphatic carbocycles. The van der Waals surface area contributed by atoms with Crippen molar-refractivity contribution in [2.24, 2.45) is 0 Å². The van der Waals surface area contributed by atoms with Crippen LogP contribution in [0.4, 0.5) is 0 Å². The number of para-hydroxylation sites is 1. The SMILES string of the molecule is CC1(C)c2ccccc2-c2cc(-c3c4ccccc4c(-c4ccc5c(c4)oc4ccccc45)c4ccccc34)c3ccccc3c21. The maximum atomic E-state index is 6.37. The largest absolute Gasteiger partial charge is 0.456 e. The topological polar surface area (TPSA) is 13.1 Å². The highest BCUT2D eigenvalue weighted by molar-refractivity contribution is 6.24. The van der Waals surface area contributed by atoms with Gasteiger partial charge < -0.3 is 4.42 Å². The van der Waals surface area contributed by atoms with Crippen molar-refractivity contribution in [2.75, 3.05) is 0 Å². The van der Waals surface area contributed by atoms with E-state index in [0.29, 0.717) is 0 Å². The lowest BCUT2D eigenvalue weighted by Crippen LogP contribution is -2.15. The monoisotopic (exact) mass is 586 g/mol. The van der Waals surface area contributed by atoms with Crippen molar-refractivity contribution < 1.29 is 4.42 Å². The van der Waals surface area contributed by atoms with Gasteiger partial charge in [0.1, 0.15) is 11.2 Å². The molecule has 1 heterocycles. The second-order valence-corrected chi connectivity index (χ2v) is 13.2. The van der Waals surface area contributed by atoms with E-state index in [0.717, 1.165) is 21.9 Å². The highest BCUT2D eigenvalue weighted by Crippen LogP contribution is 2.54. The van der Waals surface area contributed by atoms with E-state index >= 15 is 0 Å². The summed E-state index contributed by atoms with van der Waals surface area (Å²) < 4.78 is 6.37. The van der Waals surface area contributed by atoms with E-state index in [1.54, 1.807) is 0 Å². The van der Waals surface area contributed by atoms with Gasteiger partial charge in [-0.2, -0.15) is 0 Å². The summed E-state index contributed by atoms with van der Waals surface area (Å²) in [4.78, 5) is 0. The lowest BCUT2D eigenvalue weighted by molar-refractivity contribution is 0.666. The van der Waals surface area contributed by atoms with Gasteiger partial charge in [0.25, 0.3) is 0 Å². The summed E-state index contributed by atoms with van der Waals surface area (Å²) in [5.41, 5.74) is 12.3. The first-order valence-electron chi connectivity index (χ1n) is 16.1. The molecule has 0 saturated heterocycles. The summed E-state index contributed by atoms with van der Waals surface area (Å²) in [6, 6.07) is 53.4. The number of furan rings is 1. The maximum absolute atomic E-state index is 6.37. The fourth-order valence-corrected chi connectivity index (χ4v) is 8.48. The van der Waals surface area contributed by atoms with Crippen LogP contribution in [-0.4, -0.2) is 0 Å². The molecule has 1 aromatic heterocycles. The zero-order valence-electron chi connectivity index (χ0n) is 25.8. The van der Waals surface area contributed by atoms with Crippen LogP contribution >= 0.6 is 0 Å². The molecule has 1 aliphatic rings. The van der Waals surface area contributed by atoms with Gasteiger partial charge in [-0.3, -0.25) is 0 Å². The first-order chi connectivity index (χ1) is 22.6. The van der Waals surface area contributed by atoms with Gasteiger partial charge >= 0.3 is 0 Å². The third-order valence-electron chi connectivity index (χ3n) is 10.4. The van der Waals surface area contributed by atoms with Gasteiger partial charge in [-0.1, -0.05) is 135 Å². The molecule has 0 aliphatic heterocycles. The molecular formula is C45H30O. The minimum Gasteiger partial charge on any atom is -0.456 e. The van der Waals surface area contributed by atoms with Crippen molar-refractivity contribution in [3.63, 3.8) is 0 Å². The van der Waals surface area contributed by atoms with Crippen molar-refractivity contribution in [1.82, 2.24) is 0 Å². The molecule has 8 aromatic carbocycles. The van der Waals surface area contributed by atoms with E-state index in [4.69, 9.17) is 4.42 Å². The molecule has 0 unspecified atom stereocenters. The number of hydrogen-bond donors (Lipinski definition) is 0. The average molecular weight is 587 g/mol. The Hall–Kier alpha value is -5.66. The molecule has 216 valence electrons. The van der Waals surface area contributed by atoms with Gasteiger partial charge in [0.15, 0.2) is 0 Å². The van der Waals surface area contributed by atoms with Crippen LogP contribution in [0.5, 0.6) is 0 Å². The van der Waals surface area contributed by atoms with E-state index in [9.17, 15) is 0 Å². The zero-order chi connectivity index (χ0) is 30.6. The van der Waals surface area contributed by atoms with Crippen LogP contribution in [0.3, 0.4) is 0 Å². The minimum absolute atomic E-state index is 0.0760. The zero-order valence-corrected chi connectivity index (χ0v) is 25.8. The standard InChI is InChI=1S/C45H30O/c1-45(2)39-21-11-9-14-29(39)38-26-37(28-13-3-8-20-36(28)44(38)45)43-34-18-6-4-16-32(34)42(33-17-5-7-19-35(33)43)27-23-24-31-30-15-10-12-22-40(30)46-41(31)25-27/h3-26H,1-2H3. The smallest absolute Gasteiger partial charge is 0.136 e. The molecule has 10 rings (SSSR count). The van der Waals surface area contributed by atoms with Crippen LogP contribution in [0.25, 0.3) is 87.6 Å². The van der Waals surface area contributed by atoms with E-state index < -0.39 is 0 Å². The molecule has 0 amide bonds. The van der Waals surface area contributed by atoms with Crippen molar-refractivity contribution in [1.29, 1.82) is 0 Å². The quantitative estimate of drug-likeness (QED) is 0.184. The van der Waals surface area contributed by atoms with Crippen molar-refractivity contribution >= 4 is 54.3 Å². The third kappa shape index (κ3) is 3.35. The molecule has 1 heteroatoms. The number of benzene rings is 8. The molecular weight excluding hydrogens is 556 g/mol. The van der Waals surface area contributed by atoms with E-state index in [1.165, 1.54) is 76.8 Å². The predicted octanol–water partition coefficient (Wildman–Crippen LogP) is 12.7. The van der Waals surface area contributed by atoms with Gasteiger partial charge in [-0.25, -0.2) is 0 Å². The van der Waals surface area contributed by atoms with Crippen molar-refractivity contribution in [2.45, 2.75) is 19.3 Å². The molecule has 0 spiro atoms. The first-order valence-corrected chi connectivity index (χ1v) is 16.1. The second-order valence-electron chi connectivity index (χ2n) is 13.2. The Morgan fingerprint density at radius 1 is 0.391 bits per heavy atom. The first kappa shape index (κ1) is 25.6. The summed E-state index contributed by atoms with van der Waals surface area (Å²) in [6.07, 6.45) is 0. The third-order valence-corrected chi connectivity index (χ3v) is 10.4. The van der Waals surface area contributed by atoms with Crippen LogP contribution in [0.1, 0.15) is 25.0 Å². The minimum atomic E-state index is -0.0760.